The van der Waals surface area contributed by atoms with E-state index >= 15 is 8.78 Å². The highest BCUT2D eigenvalue weighted by molar-refractivity contribution is 6.29. The monoisotopic (exact) mass is 540 g/mol. The number of carboxylic acid groups (broad SMARTS) is 1. The van der Waals surface area contributed by atoms with Crippen LogP contribution in [0.4, 0.5) is 19.4 Å². The fraction of sp³-hybridized carbons (Fsp3) is 0.296. The third-order valence-corrected chi connectivity index (χ3v) is 7.46. The van der Waals surface area contributed by atoms with Crippen LogP contribution in [0.3, 0.4) is 0 Å². The first kappa shape index (κ1) is 24.6. The lowest BCUT2D eigenvalue weighted by molar-refractivity contribution is 0.0512. The van der Waals surface area contributed by atoms with E-state index in [0.717, 1.165) is 5.39 Å². The molecular weight excluding hydrogens is 518 g/mol. The maximum Gasteiger partial charge on any atom is 0.407 e. The van der Waals surface area contributed by atoms with Crippen molar-refractivity contribution in [1.82, 2.24) is 14.9 Å². The first-order chi connectivity index (χ1) is 18.4. The van der Waals surface area contributed by atoms with Gasteiger partial charge in [-0.05, 0) is 59.0 Å². The lowest BCUT2D eigenvalue weighted by Crippen LogP contribution is -2.55. The van der Waals surface area contributed by atoms with Crippen LogP contribution < -0.4 is 9.64 Å². The van der Waals surface area contributed by atoms with E-state index in [1.807, 2.05) is 17.0 Å². The Morgan fingerprint density at radius 3 is 2.55 bits per heavy atom. The maximum atomic E-state index is 16.2. The first-order valence-electron chi connectivity index (χ1n) is 12.1. The van der Waals surface area contributed by atoms with Crippen molar-refractivity contribution in [3.05, 3.63) is 59.4 Å². The second-order valence-electron chi connectivity index (χ2n) is 9.48. The van der Waals surface area contributed by atoms with Crippen LogP contribution in [0.1, 0.15) is 12.8 Å². The zero-order valence-corrected chi connectivity index (χ0v) is 21.1. The molecule has 4 aromatic rings. The van der Waals surface area contributed by atoms with Crippen molar-refractivity contribution in [3.8, 4) is 16.9 Å². The van der Waals surface area contributed by atoms with Crippen molar-refractivity contribution in [2.45, 2.75) is 24.9 Å². The molecular formula is C27H23ClF2N4O4. The smallest absolute Gasteiger partial charge is 0.407 e. The lowest BCUT2D eigenvalue weighted by atomic mass is 9.95. The number of benzene rings is 3. The average Bonchev–Trinajstić information content (AvgIpc) is 3.17. The molecule has 2 unspecified atom stereocenters. The second-order valence-corrected chi connectivity index (χ2v) is 9.82. The minimum absolute atomic E-state index is 0.0240. The van der Waals surface area contributed by atoms with Gasteiger partial charge in [0.2, 0.25) is 5.28 Å². The number of halogens is 3. The van der Waals surface area contributed by atoms with Gasteiger partial charge in [-0.2, -0.15) is 4.98 Å². The van der Waals surface area contributed by atoms with Gasteiger partial charge in [-0.3, -0.25) is 4.90 Å². The molecule has 1 aromatic heterocycles. The number of hydrogen-bond acceptors (Lipinski definition) is 6. The molecule has 2 saturated heterocycles. The molecule has 2 atom stereocenters. The van der Waals surface area contributed by atoms with Crippen molar-refractivity contribution in [2.75, 3.05) is 31.9 Å². The second kappa shape index (κ2) is 9.52. The van der Waals surface area contributed by atoms with Crippen molar-refractivity contribution in [3.63, 3.8) is 0 Å². The van der Waals surface area contributed by atoms with Crippen LogP contribution in [0, 0.1) is 11.6 Å². The number of piperazine rings is 1. The summed E-state index contributed by atoms with van der Waals surface area (Å²) in [7, 11) is 1.48. The molecule has 11 heteroatoms. The number of ether oxygens (including phenoxy) is 2. The van der Waals surface area contributed by atoms with Crippen LogP contribution >= 0.6 is 11.6 Å². The summed E-state index contributed by atoms with van der Waals surface area (Å²) in [6.07, 6.45) is 0.463. The normalized spacial score (nSPS) is 18.9. The topological polar surface area (TPSA) is 88.0 Å². The lowest BCUT2D eigenvalue weighted by Gasteiger charge is -2.40. The quantitative estimate of drug-likeness (QED) is 0.257. The summed E-state index contributed by atoms with van der Waals surface area (Å²) in [5, 5.41) is 11.0. The van der Waals surface area contributed by atoms with E-state index in [1.165, 1.54) is 18.1 Å². The Labute approximate surface area is 221 Å². The number of carbonyl (C=O) groups is 1. The van der Waals surface area contributed by atoms with E-state index in [9.17, 15) is 9.90 Å². The fourth-order valence-corrected chi connectivity index (χ4v) is 5.89. The summed E-state index contributed by atoms with van der Waals surface area (Å²) < 4.78 is 42.7. The number of anilines is 1. The van der Waals surface area contributed by atoms with Crippen molar-refractivity contribution >= 4 is 45.2 Å². The fourth-order valence-electron chi connectivity index (χ4n) is 5.73. The molecule has 1 N–H and O–H groups in total. The molecule has 0 aliphatic carbocycles. The van der Waals surface area contributed by atoms with Crippen molar-refractivity contribution in [1.29, 1.82) is 0 Å². The summed E-state index contributed by atoms with van der Waals surface area (Å²) in [5.41, 5.74) is -0.0692. The third kappa shape index (κ3) is 4.04. The molecule has 38 heavy (non-hydrogen) atoms. The van der Waals surface area contributed by atoms with Crippen LogP contribution in [-0.4, -0.2) is 65.1 Å². The summed E-state index contributed by atoms with van der Waals surface area (Å²) in [6.45, 7) is 0.670. The molecule has 0 saturated carbocycles. The molecule has 3 heterocycles. The van der Waals surface area contributed by atoms with E-state index in [-0.39, 0.29) is 46.4 Å². The Morgan fingerprint density at radius 2 is 1.84 bits per heavy atom. The van der Waals surface area contributed by atoms with Crippen molar-refractivity contribution < 1.29 is 28.2 Å². The maximum absolute atomic E-state index is 16.2. The molecule has 0 radical (unpaired) electrons. The van der Waals surface area contributed by atoms with Gasteiger partial charge in [0, 0.05) is 25.6 Å². The highest BCUT2D eigenvalue weighted by Gasteiger charge is 2.43. The molecule has 2 bridgehead atoms. The van der Waals surface area contributed by atoms with Gasteiger partial charge in [-0.25, -0.2) is 18.6 Å². The summed E-state index contributed by atoms with van der Waals surface area (Å²) in [5.74, 6) is -0.976. The highest BCUT2D eigenvalue weighted by atomic mass is 35.5. The Kier molecular flexibility index (Phi) is 6.16. The zero-order valence-electron chi connectivity index (χ0n) is 20.3. The predicted molar refractivity (Wildman–Crippen MR) is 139 cm³/mol. The molecule has 2 fully saturated rings. The SMILES string of the molecule is COCOc1cc(-c2c(F)cc3c(N4CC5CCC(C4)N5C(=O)O)nc(Cl)nc3c2F)c2ccccc2c1. The molecule has 6 rings (SSSR count). The van der Waals surface area contributed by atoms with Gasteiger partial charge in [-0.15, -0.1) is 0 Å². The van der Waals surface area contributed by atoms with Crippen molar-refractivity contribution in [2.24, 2.45) is 0 Å². The molecule has 0 spiro atoms. The number of fused-ring (bicyclic) bond motifs is 4. The molecule has 196 valence electrons. The van der Waals surface area contributed by atoms with E-state index in [2.05, 4.69) is 9.97 Å². The number of methoxy groups -OCH3 is 1. The van der Waals surface area contributed by atoms with Gasteiger partial charge in [0.1, 0.15) is 22.9 Å². The molecule has 1 amide bonds. The number of aromatic nitrogens is 2. The molecule has 8 nitrogen and oxygen atoms in total. The molecule has 2 aliphatic rings. The first-order valence-corrected chi connectivity index (χ1v) is 12.5. The van der Waals surface area contributed by atoms with Gasteiger partial charge < -0.3 is 19.5 Å². The average molecular weight is 541 g/mol. The number of hydrogen-bond donors (Lipinski definition) is 1. The predicted octanol–water partition coefficient (Wildman–Crippen LogP) is 5.70. The van der Waals surface area contributed by atoms with Crippen LogP contribution in [0.25, 0.3) is 32.8 Å². The Morgan fingerprint density at radius 1 is 1.11 bits per heavy atom. The zero-order chi connectivity index (χ0) is 26.6. The van der Waals surface area contributed by atoms with E-state index < -0.39 is 17.7 Å². The number of nitrogens with zero attached hydrogens (tertiary/aromatic N) is 4. The van der Waals surface area contributed by atoms with Crippen LogP contribution in [0.2, 0.25) is 5.28 Å². The van der Waals surface area contributed by atoms with Crippen LogP contribution in [-0.2, 0) is 4.74 Å². The minimum Gasteiger partial charge on any atom is -0.468 e. The Hall–Kier alpha value is -3.76. The van der Waals surface area contributed by atoms with Gasteiger partial charge in [-0.1, -0.05) is 24.3 Å². The third-order valence-electron chi connectivity index (χ3n) is 7.29. The highest BCUT2D eigenvalue weighted by Crippen LogP contribution is 2.41. The minimum atomic E-state index is -0.964. The van der Waals surface area contributed by atoms with Crippen LogP contribution in [0.15, 0.2) is 42.5 Å². The standard InChI is InChI=1S/C27H23ClF2N4O4/c1-37-13-38-17-8-14-4-2-3-5-18(14)19(9-17)22-21(29)10-20-24(23(22)30)31-26(28)32-25(20)33-11-15-6-7-16(12-33)34(15)27(35)36/h2-5,8-10,15-16H,6-7,11-13H2,1H3,(H,35,36). The number of rotatable bonds is 5. The largest absolute Gasteiger partial charge is 0.468 e. The summed E-state index contributed by atoms with van der Waals surface area (Å²) >= 11 is 6.25. The van der Waals surface area contributed by atoms with E-state index in [4.69, 9.17) is 21.1 Å². The van der Waals surface area contributed by atoms with E-state index in [0.29, 0.717) is 42.6 Å². The van der Waals surface area contributed by atoms with Gasteiger partial charge in [0.25, 0.3) is 0 Å². The van der Waals surface area contributed by atoms with Crippen LogP contribution in [0.5, 0.6) is 5.75 Å². The molecule has 2 aliphatic heterocycles. The summed E-state index contributed by atoms with van der Waals surface area (Å²) in [6, 6.07) is 11.3. The Balaban J connectivity index is 1.50. The van der Waals surface area contributed by atoms with Gasteiger partial charge in [0.05, 0.1) is 17.6 Å². The Bertz CT molecular complexity index is 1570. The van der Waals surface area contributed by atoms with E-state index in [1.54, 1.807) is 24.3 Å². The van der Waals surface area contributed by atoms with Gasteiger partial charge in [0.15, 0.2) is 12.6 Å². The van der Waals surface area contributed by atoms with Gasteiger partial charge >= 0.3 is 6.09 Å². The molecule has 3 aromatic carbocycles. The summed E-state index contributed by atoms with van der Waals surface area (Å²) in [4.78, 5) is 23.5. The number of amides is 1.